The van der Waals surface area contributed by atoms with Crippen LogP contribution in [0.3, 0.4) is 0 Å². The minimum absolute atomic E-state index is 0.382. The normalized spacial score (nSPS) is 10.4. The molecule has 0 saturated carbocycles. The molecule has 0 aliphatic heterocycles. The molecule has 0 aromatic heterocycles. The number of rotatable bonds is 9. The second-order valence-corrected chi connectivity index (χ2v) is 4.98. The number of carbonyl (C=O) groups is 1. The first-order chi connectivity index (χ1) is 9.16. The van der Waals surface area contributed by atoms with Crippen molar-refractivity contribution < 1.29 is 9.90 Å². The lowest BCUT2D eigenvalue weighted by molar-refractivity contribution is 0.0696. The minimum atomic E-state index is -0.860. The van der Waals surface area contributed by atoms with Crippen molar-refractivity contribution in [2.75, 3.05) is 11.9 Å². The zero-order valence-corrected chi connectivity index (χ0v) is 12.0. The highest BCUT2D eigenvalue weighted by Crippen LogP contribution is 2.19. The van der Waals surface area contributed by atoms with E-state index in [1.807, 2.05) is 13.0 Å². The molecule has 0 aliphatic carbocycles. The molecule has 0 heterocycles. The van der Waals surface area contributed by atoms with Crippen LogP contribution in [0.1, 0.15) is 61.4 Å². The van der Waals surface area contributed by atoms with Crippen molar-refractivity contribution in [3.05, 3.63) is 29.3 Å². The fourth-order valence-electron chi connectivity index (χ4n) is 2.19. The molecule has 1 rings (SSSR count). The Kier molecular flexibility index (Phi) is 7.01. The summed E-state index contributed by atoms with van der Waals surface area (Å²) < 4.78 is 0. The third kappa shape index (κ3) is 5.33. The Balaban J connectivity index is 2.33. The molecule has 0 unspecified atom stereocenters. The zero-order valence-electron chi connectivity index (χ0n) is 12.0. The summed E-state index contributed by atoms with van der Waals surface area (Å²) in [5.41, 5.74) is 2.14. The standard InChI is InChI=1S/C16H25NO2/c1-3-4-5-6-7-8-12-17-15-11-9-10-14(13(15)2)16(18)19/h9-11,17H,3-8,12H2,1-2H3,(H,18,19). The van der Waals surface area contributed by atoms with Gasteiger partial charge in [0.05, 0.1) is 5.56 Å². The maximum Gasteiger partial charge on any atom is 0.336 e. The van der Waals surface area contributed by atoms with Crippen molar-refractivity contribution in [3.63, 3.8) is 0 Å². The Morgan fingerprint density at radius 1 is 1.16 bits per heavy atom. The molecule has 0 atom stereocenters. The molecule has 0 radical (unpaired) electrons. The smallest absolute Gasteiger partial charge is 0.336 e. The van der Waals surface area contributed by atoms with Gasteiger partial charge in [-0.2, -0.15) is 0 Å². The number of benzene rings is 1. The second kappa shape index (κ2) is 8.57. The van der Waals surface area contributed by atoms with Crippen LogP contribution in [0.2, 0.25) is 0 Å². The van der Waals surface area contributed by atoms with Gasteiger partial charge in [-0.05, 0) is 31.0 Å². The van der Waals surface area contributed by atoms with Crippen LogP contribution in [0.15, 0.2) is 18.2 Å². The topological polar surface area (TPSA) is 49.3 Å². The average Bonchev–Trinajstić information content (AvgIpc) is 2.39. The van der Waals surface area contributed by atoms with Crippen LogP contribution < -0.4 is 5.32 Å². The predicted octanol–water partition coefficient (Wildman–Crippen LogP) is 4.47. The number of hydrogen-bond acceptors (Lipinski definition) is 2. The number of nitrogens with one attached hydrogen (secondary N) is 1. The molecule has 0 saturated heterocycles. The van der Waals surface area contributed by atoms with E-state index in [0.29, 0.717) is 5.56 Å². The van der Waals surface area contributed by atoms with Gasteiger partial charge in [0.2, 0.25) is 0 Å². The molecular formula is C16H25NO2. The SMILES string of the molecule is CCCCCCCCNc1cccc(C(=O)O)c1C. The van der Waals surface area contributed by atoms with E-state index >= 15 is 0 Å². The summed E-state index contributed by atoms with van der Waals surface area (Å²) in [4.78, 5) is 11.0. The lowest BCUT2D eigenvalue weighted by Gasteiger charge is -2.11. The Labute approximate surface area is 116 Å². The highest BCUT2D eigenvalue weighted by Gasteiger charge is 2.09. The van der Waals surface area contributed by atoms with E-state index in [9.17, 15) is 4.79 Å². The van der Waals surface area contributed by atoms with Crippen LogP contribution in [0.5, 0.6) is 0 Å². The number of unbranched alkanes of at least 4 members (excludes halogenated alkanes) is 5. The van der Waals surface area contributed by atoms with Crippen molar-refractivity contribution in [2.45, 2.75) is 52.4 Å². The Bertz CT molecular complexity index is 402. The zero-order chi connectivity index (χ0) is 14.1. The minimum Gasteiger partial charge on any atom is -0.478 e. The molecule has 3 nitrogen and oxygen atoms in total. The Hall–Kier alpha value is -1.51. The van der Waals surface area contributed by atoms with E-state index in [1.165, 1.54) is 32.1 Å². The van der Waals surface area contributed by atoms with Crippen LogP contribution in [0.25, 0.3) is 0 Å². The first kappa shape index (κ1) is 15.5. The van der Waals surface area contributed by atoms with E-state index in [4.69, 9.17) is 5.11 Å². The number of anilines is 1. The second-order valence-electron chi connectivity index (χ2n) is 4.98. The van der Waals surface area contributed by atoms with Crippen LogP contribution in [-0.2, 0) is 0 Å². The summed E-state index contributed by atoms with van der Waals surface area (Å²) in [6.07, 6.45) is 7.60. The quantitative estimate of drug-likeness (QED) is 0.646. The van der Waals surface area contributed by atoms with Crippen LogP contribution in [0, 0.1) is 6.92 Å². The first-order valence-corrected chi connectivity index (χ1v) is 7.23. The summed E-state index contributed by atoms with van der Waals surface area (Å²) in [6, 6.07) is 5.38. The van der Waals surface area contributed by atoms with Gasteiger partial charge in [0.15, 0.2) is 0 Å². The Morgan fingerprint density at radius 2 is 1.84 bits per heavy atom. The molecule has 0 fully saturated rings. The fraction of sp³-hybridized carbons (Fsp3) is 0.562. The number of carboxylic acid groups (broad SMARTS) is 1. The Morgan fingerprint density at radius 3 is 2.53 bits per heavy atom. The molecular weight excluding hydrogens is 238 g/mol. The predicted molar refractivity (Wildman–Crippen MR) is 80.0 cm³/mol. The van der Waals surface area contributed by atoms with E-state index < -0.39 is 5.97 Å². The van der Waals surface area contributed by atoms with E-state index in [2.05, 4.69) is 12.2 Å². The summed E-state index contributed by atoms with van der Waals surface area (Å²) in [5, 5.41) is 12.4. The van der Waals surface area contributed by atoms with Crippen molar-refractivity contribution in [2.24, 2.45) is 0 Å². The molecule has 3 heteroatoms. The molecule has 1 aromatic rings. The summed E-state index contributed by atoms with van der Waals surface area (Å²) in [5.74, 6) is -0.860. The number of aromatic carboxylic acids is 1. The van der Waals surface area contributed by atoms with Crippen molar-refractivity contribution in [1.29, 1.82) is 0 Å². The van der Waals surface area contributed by atoms with Crippen LogP contribution >= 0.6 is 0 Å². The maximum atomic E-state index is 11.0. The van der Waals surface area contributed by atoms with Gasteiger partial charge in [-0.25, -0.2) is 4.79 Å². The fourth-order valence-corrected chi connectivity index (χ4v) is 2.19. The van der Waals surface area contributed by atoms with E-state index in [0.717, 1.165) is 24.2 Å². The summed E-state index contributed by atoms with van der Waals surface area (Å²) >= 11 is 0. The van der Waals surface area contributed by atoms with Crippen LogP contribution in [0.4, 0.5) is 5.69 Å². The highest BCUT2D eigenvalue weighted by atomic mass is 16.4. The molecule has 0 spiro atoms. The van der Waals surface area contributed by atoms with Crippen molar-refractivity contribution >= 4 is 11.7 Å². The number of carboxylic acids is 1. The third-order valence-electron chi connectivity index (χ3n) is 3.41. The van der Waals surface area contributed by atoms with Gasteiger partial charge in [0.1, 0.15) is 0 Å². The molecule has 0 bridgehead atoms. The van der Waals surface area contributed by atoms with Gasteiger partial charge in [0, 0.05) is 12.2 Å². The summed E-state index contributed by atoms with van der Waals surface area (Å²) in [7, 11) is 0. The monoisotopic (exact) mass is 263 g/mol. The van der Waals surface area contributed by atoms with Gasteiger partial charge >= 0.3 is 5.97 Å². The van der Waals surface area contributed by atoms with Gasteiger partial charge < -0.3 is 10.4 Å². The molecule has 0 aliphatic rings. The van der Waals surface area contributed by atoms with Crippen LogP contribution in [-0.4, -0.2) is 17.6 Å². The molecule has 1 aromatic carbocycles. The molecule has 0 amide bonds. The molecule has 19 heavy (non-hydrogen) atoms. The lowest BCUT2D eigenvalue weighted by Crippen LogP contribution is -2.06. The average molecular weight is 263 g/mol. The largest absolute Gasteiger partial charge is 0.478 e. The third-order valence-corrected chi connectivity index (χ3v) is 3.41. The van der Waals surface area contributed by atoms with Crippen molar-refractivity contribution in [3.8, 4) is 0 Å². The lowest BCUT2D eigenvalue weighted by atomic mass is 10.1. The highest BCUT2D eigenvalue weighted by molar-refractivity contribution is 5.91. The maximum absolute atomic E-state index is 11.0. The molecule has 106 valence electrons. The first-order valence-electron chi connectivity index (χ1n) is 7.23. The number of hydrogen-bond donors (Lipinski definition) is 2. The van der Waals surface area contributed by atoms with Crippen molar-refractivity contribution in [1.82, 2.24) is 0 Å². The van der Waals surface area contributed by atoms with Gasteiger partial charge in [-0.1, -0.05) is 45.1 Å². The van der Waals surface area contributed by atoms with E-state index in [1.54, 1.807) is 12.1 Å². The van der Waals surface area contributed by atoms with E-state index in [-0.39, 0.29) is 0 Å². The molecule has 2 N–H and O–H groups in total. The summed E-state index contributed by atoms with van der Waals surface area (Å²) in [6.45, 7) is 4.99. The van der Waals surface area contributed by atoms with Gasteiger partial charge in [0.25, 0.3) is 0 Å². The van der Waals surface area contributed by atoms with Gasteiger partial charge in [-0.15, -0.1) is 0 Å². The van der Waals surface area contributed by atoms with Gasteiger partial charge in [-0.3, -0.25) is 0 Å².